The number of aromatic nitrogens is 4. The van der Waals surface area contributed by atoms with Crippen molar-refractivity contribution in [2.45, 2.75) is 18.9 Å². The normalized spacial score (nSPS) is 23.3. The van der Waals surface area contributed by atoms with Crippen LogP contribution in [0.25, 0.3) is 11.2 Å². The smallest absolute Gasteiger partial charge is 0.280 e. The Balaban J connectivity index is 2.12. The number of nitrogens with two attached hydrogens (primary N) is 1. The van der Waals surface area contributed by atoms with E-state index >= 15 is 0 Å². The Morgan fingerprint density at radius 1 is 1.58 bits per heavy atom. The van der Waals surface area contributed by atoms with Crippen LogP contribution in [0.2, 0.25) is 0 Å². The van der Waals surface area contributed by atoms with Crippen LogP contribution in [0.4, 0.5) is 5.95 Å². The van der Waals surface area contributed by atoms with Gasteiger partial charge in [-0.2, -0.15) is 4.98 Å². The van der Waals surface area contributed by atoms with E-state index < -0.39 is 0 Å². The number of nitrogens with one attached hydrogen (secondary N) is 1. The van der Waals surface area contributed by atoms with Crippen LogP contribution >= 0.6 is 0 Å². The van der Waals surface area contributed by atoms with Gasteiger partial charge in [-0.1, -0.05) is 6.58 Å². The fraction of sp³-hybridized carbons (Fsp3) is 0.417. The molecule has 1 saturated carbocycles. The molecule has 0 amide bonds. The Kier molecular flexibility index (Phi) is 2.63. The maximum atomic E-state index is 11.7. The number of hydrogen-bond acceptors (Lipinski definition) is 5. The van der Waals surface area contributed by atoms with Crippen LogP contribution < -0.4 is 11.3 Å². The Morgan fingerprint density at radius 2 is 2.37 bits per heavy atom. The molecule has 0 saturated heterocycles. The molecule has 3 rings (SSSR count). The summed E-state index contributed by atoms with van der Waals surface area (Å²) in [5.74, 6) is 0.170. The van der Waals surface area contributed by atoms with Crippen molar-refractivity contribution >= 4 is 17.1 Å². The van der Waals surface area contributed by atoms with Crippen LogP contribution in [0, 0.1) is 5.92 Å². The van der Waals surface area contributed by atoms with Gasteiger partial charge in [-0.25, -0.2) is 4.98 Å². The predicted molar refractivity (Wildman–Crippen MR) is 70.5 cm³/mol. The van der Waals surface area contributed by atoms with Gasteiger partial charge in [0, 0.05) is 12.5 Å². The monoisotopic (exact) mass is 261 g/mol. The Morgan fingerprint density at radius 3 is 3.05 bits per heavy atom. The zero-order valence-corrected chi connectivity index (χ0v) is 10.3. The van der Waals surface area contributed by atoms with Crippen molar-refractivity contribution in [3.05, 3.63) is 28.8 Å². The van der Waals surface area contributed by atoms with Gasteiger partial charge in [-0.15, -0.1) is 0 Å². The molecule has 1 fully saturated rings. The second-order valence-corrected chi connectivity index (χ2v) is 4.82. The zero-order chi connectivity index (χ0) is 13.6. The molecule has 7 nitrogen and oxygen atoms in total. The molecule has 2 aromatic heterocycles. The molecule has 2 atom stereocenters. The first-order chi connectivity index (χ1) is 9.11. The number of imidazole rings is 1. The van der Waals surface area contributed by atoms with Gasteiger partial charge in [0.05, 0.1) is 12.4 Å². The molecule has 0 radical (unpaired) electrons. The molecule has 2 aromatic rings. The fourth-order valence-corrected chi connectivity index (χ4v) is 2.70. The van der Waals surface area contributed by atoms with Crippen LogP contribution in [0.5, 0.6) is 0 Å². The summed E-state index contributed by atoms with van der Waals surface area (Å²) in [4.78, 5) is 22.4. The van der Waals surface area contributed by atoms with Crippen molar-refractivity contribution < 1.29 is 5.11 Å². The molecule has 1 aliphatic rings. The van der Waals surface area contributed by atoms with Gasteiger partial charge in [-0.05, 0) is 18.4 Å². The summed E-state index contributed by atoms with van der Waals surface area (Å²) in [7, 11) is 0. The van der Waals surface area contributed by atoms with E-state index in [4.69, 9.17) is 5.73 Å². The number of rotatable bonds is 2. The van der Waals surface area contributed by atoms with Gasteiger partial charge in [0.15, 0.2) is 11.2 Å². The van der Waals surface area contributed by atoms with Gasteiger partial charge in [0.2, 0.25) is 5.95 Å². The summed E-state index contributed by atoms with van der Waals surface area (Å²) in [5, 5.41) is 9.28. The number of fused-ring (bicyclic) bond motifs is 1. The van der Waals surface area contributed by atoms with Crippen LogP contribution in [0.3, 0.4) is 0 Å². The van der Waals surface area contributed by atoms with Gasteiger partial charge < -0.3 is 15.4 Å². The molecular weight excluding hydrogens is 246 g/mol. The minimum atomic E-state index is -0.344. The number of aromatic amines is 1. The third-order valence-electron chi connectivity index (χ3n) is 3.75. The lowest BCUT2D eigenvalue weighted by Gasteiger charge is -2.15. The number of nitrogens with zero attached hydrogens (tertiary/aromatic N) is 3. The minimum Gasteiger partial charge on any atom is -0.396 e. The highest BCUT2D eigenvalue weighted by atomic mass is 16.3. The highest BCUT2D eigenvalue weighted by molar-refractivity contribution is 5.70. The zero-order valence-electron chi connectivity index (χ0n) is 10.3. The highest BCUT2D eigenvalue weighted by Gasteiger charge is 2.30. The van der Waals surface area contributed by atoms with E-state index in [0.717, 1.165) is 18.4 Å². The van der Waals surface area contributed by atoms with Crippen LogP contribution in [-0.4, -0.2) is 31.2 Å². The first-order valence-electron chi connectivity index (χ1n) is 6.13. The standard InChI is InChI=1S/C12H15N5O2/c1-6-7(4-18)2-3-8(6)17-5-14-9-10(17)15-12(13)16-11(9)19/h5,7-8,18H,1-4H2,(H3,13,15,16,19). The van der Waals surface area contributed by atoms with Crippen molar-refractivity contribution in [3.63, 3.8) is 0 Å². The van der Waals surface area contributed by atoms with Crippen molar-refractivity contribution in [2.75, 3.05) is 12.3 Å². The highest BCUT2D eigenvalue weighted by Crippen LogP contribution is 2.39. The Bertz CT molecular complexity index is 702. The number of aliphatic hydroxyl groups excluding tert-OH is 1. The topological polar surface area (TPSA) is 110 Å². The fourth-order valence-electron chi connectivity index (χ4n) is 2.70. The summed E-state index contributed by atoms with van der Waals surface area (Å²) >= 11 is 0. The van der Waals surface area contributed by atoms with Crippen molar-refractivity contribution in [1.29, 1.82) is 0 Å². The summed E-state index contributed by atoms with van der Waals surface area (Å²) in [6.45, 7) is 4.14. The van der Waals surface area contributed by atoms with E-state index in [2.05, 4.69) is 21.5 Å². The lowest BCUT2D eigenvalue weighted by molar-refractivity contribution is 0.249. The molecule has 0 aliphatic heterocycles. The van der Waals surface area contributed by atoms with Crippen LogP contribution in [0.1, 0.15) is 18.9 Å². The minimum absolute atomic E-state index is 0.0100. The number of H-pyrrole nitrogens is 1. The number of aliphatic hydroxyl groups is 1. The summed E-state index contributed by atoms with van der Waals surface area (Å²) in [6, 6.07) is 0.0100. The second kappa shape index (κ2) is 4.20. The van der Waals surface area contributed by atoms with Gasteiger partial charge in [0.1, 0.15) is 0 Å². The SMILES string of the molecule is C=C1C(CO)CCC1n1cnc2c(=O)[nH]c(N)nc21. The molecule has 19 heavy (non-hydrogen) atoms. The van der Waals surface area contributed by atoms with Gasteiger partial charge in [0.25, 0.3) is 5.56 Å². The van der Waals surface area contributed by atoms with E-state index in [1.165, 1.54) is 0 Å². The molecule has 0 aromatic carbocycles. The summed E-state index contributed by atoms with van der Waals surface area (Å²) in [6.07, 6.45) is 3.31. The summed E-state index contributed by atoms with van der Waals surface area (Å²) in [5.41, 5.74) is 6.91. The van der Waals surface area contributed by atoms with Gasteiger partial charge in [-0.3, -0.25) is 9.78 Å². The Hall–Kier alpha value is -2.15. The lowest BCUT2D eigenvalue weighted by Crippen LogP contribution is -2.14. The van der Waals surface area contributed by atoms with Crippen molar-refractivity contribution in [2.24, 2.45) is 5.92 Å². The quantitative estimate of drug-likeness (QED) is 0.669. The molecule has 7 heteroatoms. The lowest BCUT2D eigenvalue weighted by atomic mass is 10.0. The summed E-state index contributed by atoms with van der Waals surface area (Å²) < 4.78 is 1.82. The van der Waals surface area contributed by atoms with Crippen LogP contribution in [0.15, 0.2) is 23.3 Å². The largest absolute Gasteiger partial charge is 0.396 e. The first-order valence-corrected chi connectivity index (χ1v) is 6.13. The molecule has 100 valence electrons. The van der Waals surface area contributed by atoms with Gasteiger partial charge >= 0.3 is 0 Å². The van der Waals surface area contributed by atoms with E-state index in [1.54, 1.807) is 6.33 Å². The van der Waals surface area contributed by atoms with E-state index in [1.807, 2.05) is 4.57 Å². The third-order valence-corrected chi connectivity index (χ3v) is 3.75. The molecule has 0 bridgehead atoms. The molecule has 0 spiro atoms. The number of hydrogen-bond donors (Lipinski definition) is 3. The molecule has 1 aliphatic carbocycles. The number of anilines is 1. The van der Waals surface area contributed by atoms with Crippen molar-refractivity contribution in [3.8, 4) is 0 Å². The average Bonchev–Trinajstić information content (AvgIpc) is 2.92. The predicted octanol–water partition coefficient (Wildman–Crippen LogP) is 0.201. The number of nitrogen functional groups attached to an aromatic ring is 1. The third kappa shape index (κ3) is 1.74. The molecule has 4 N–H and O–H groups in total. The van der Waals surface area contributed by atoms with Crippen molar-refractivity contribution in [1.82, 2.24) is 19.5 Å². The van der Waals surface area contributed by atoms with E-state index in [9.17, 15) is 9.90 Å². The van der Waals surface area contributed by atoms with E-state index in [0.29, 0.717) is 5.65 Å². The maximum absolute atomic E-state index is 11.7. The maximum Gasteiger partial charge on any atom is 0.280 e. The Labute approximate surface area is 108 Å². The second-order valence-electron chi connectivity index (χ2n) is 4.82. The first kappa shape index (κ1) is 11.9. The van der Waals surface area contributed by atoms with Crippen LogP contribution in [-0.2, 0) is 0 Å². The molecule has 2 unspecified atom stereocenters. The average molecular weight is 261 g/mol. The molecular formula is C12H15N5O2. The molecule has 2 heterocycles. The van der Waals surface area contributed by atoms with E-state index in [-0.39, 0.29) is 35.6 Å².